The van der Waals surface area contributed by atoms with Gasteiger partial charge in [0.15, 0.2) is 0 Å². The molecule has 2 aromatic rings. The Kier molecular flexibility index (Phi) is 4.12. The number of benzene rings is 1. The first-order chi connectivity index (χ1) is 9.93. The second kappa shape index (κ2) is 5.83. The Bertz CT molecular complexity index is 730. The van der Waals surface area contributed by atoms with Crippen molar-refractivity contribution in [1.82, 2.24) is 4.57 Å². The van der Waals surface area contributed by atoms with Crippen LogP contribution < -0.4 is 15.6 Å². The Hall–Kier alpha value is -2.56. The van der Waals surface area contributed by atoms with Crippen molar-refractivity contribution in [2.45, 2.75) is 13.8 Å². The molecule has 0 aliphatic carbocycles. The molecule has 1 N–H and O–H groups in total. The van der Waals surface area contributed by atoms with Gasteiger partial charge in [-0.2, -0.15) is 0 Å². The number of nitrogens with one attached hydrogen (secondary N) is 1. The van der Waals surface area contributed by atoms with E-state index in [1.807, 2.05) is 13.0 Å². The van der Waals surface area contributed by atoms with E-state index in [2.05, 4.69) is 5.32 Å². The maximum Gasteiger partial charge on any atom is 0.263 e. The van der Waals surface area contributed by atoms with E-state index in [1.165, 1.54) is 4.57 Å². The second-order valence-corrected chi connectivity index (χ2v) is 4.89. The van der Waals surface area contributed by atoms with Crippen LogP contribution in [-0.4, -0.2) is 17.6 Å². The van der Waals surface area contributed by atoms with Gasteiger partial charge in [-0.05, 0) is 49.7 Å². The highest BCUT2D eigenvalue weighted by Crippen LogP contribution is 2.16. The van der Waals surface area contributed by atoms with Crippen molar-refractivity contribution in [2.75, 3.05) is 12.4 Å². The van der Waals surface area contributed by atoms with Crippen molar-refractivity contribution in [2.24, 2.45) is 7.05 Å². The van der Waals surface area contributed by atoms with Gasteiger partial charge in [0, 0.05) is 18.4 Å². The molecule has 1 amide bonds. The Morgan fingerprint density at radius 3 is 2.38 bits per heavy atom. The van der Waals surface area contributed by atoms with Gasteiger partial charge in [-0.1, -0.05) is 0 Å². The van der Waals surface area contributed by atoms with Crippen LogP contribution in [0.5, 0.6) is 5.75 Å². The standard InChI is InChI=1S/C16H18N2O3/c1-10-9-11(2)18(3)16(20)14(10)15(19)17-12-5-7-13(21-4)8-6-12/h5-9H,1-4H3,(H,17,19). The van der Waals surface area contributed by atoms with Gasteiger partial charge >= 0.3 is 0 Å². The lowest BCUT2D eigenvalue weighted by atomic mass is 10.1. The summed E-state index contributed by atoms with van der Waals surface area (Å²) in [4.78, 5) is 24.5. The molecule has 1 heterocycles. The number of aromatic nitrogens is 1. The molecule has 0 fully saturated rings. The molecule has 0 spiro atoms. The van der Waals surface area contributed by atoms with Gasteiger partial charge in [0.05, 0.1) is 7.11 Å². The molecule has 2 rings (SSSR count). The van der Waals surface area contributed by atoms with E-state index >= 15 is 0 Å². The SMILES string of the molecule is COc1ccc(NC(=O)c2c(C)cc(C)n(C)c2=O)cc1. The number of carbonyl (C=O) groups is 1. The van der Waals surface area contributed by atoms with Gasteiger partial charge in [-0.3, -0.25) is 9.59 Å². The lowest BCUT2D eigenvalue weighted by molar-refractivity contribution is 0.102. The Labute approximate surface area is 123 Å². The first-order valence-corrected chi connectivity index (χ1v) is 6.56. The number of hydrogen-bond donors (Lipinski definition) is 1. The van der Waals surface area contributed by atoms with Crippen LogP contribution in [0.25, 0.3) is 0 Å². The van der Waals surface area contributed by atoms with Crippen LogP contribution in [0.1, 0.15) is 21.6 Å². The predicted molar refractivity (Wildman–Crippen MR) is 82.1 cm³/mol. The van der Waals surface area contributed by atoms with Crippen molar-refractivity contribution in [3.05, 3.63) is 57.5 Å². The summed E-state index contributed by atoms with van der Waals surface area (Å²) in [7, 11) is 3.23. The van der Waals surface area contributed by atoms with Gasteiger partial charge < -0.3 is 14.6 Å². The van der Waals surface area contributed by atoms with Gasteiger partial charge in [0.25, 0.3) is 11.5 Å². The minimum Gasteiger partial charge on any atom is -0.497 e. The molecular weight excluding hydrogens is 268 g/mol. The number of aryl methyl sites for hydroxylation is 2. The molecule has 21 heavy (non-hydrogen) atoms. The molecule has 0 saturated heterocycles. The molecule has 0 aliphatic heterocycles. The van der Waals surface area contributed by atoms with Crippen LogP contribution in [0.2, 0.25) is 0 Å². The summed E-state index contributed by atoms with van der Waals surface area (Å²) in [6.07, 6.45) is 0. The summed E-state index contributed by atoms with van der Waals surface area (Å²) in [6, 6.07) is 8.77. The van der Waals surface area contributed by atoms with Crippen molar-refractivity contribution in [3.8, 4) is 5.75 Å². The van der Waals surface area contributed by atoms with Crippen LogP contribution in [0.15, 0.2) is 35.1 Å². The number of carbonyl (C=O) groups excluding carboxylic acids is 1. The minimum atomic E-state index is -0.404. The Balaban J connectivity index is 2.32. The normalized spacial score (nSPS) is 10.3. The molecule has 0 aliphatic rings. The summed E-state index contributed by atoms with van der Waals surface area (Å²) in [5.74, 6) is 0.300. The number of methoxy groups -OCH3 is 1. The third kappa shape index (κ3) is 2.97. The number of anilines is 1. The monoisotopic (exact) mass is 286 g/mol. The molecule has 5 heteroatoms. The van der Waals surface area contributed by atoms with Crippen molar-refractivity contribution in [1.29, 1.82) is 0 Å². The number of hydrogen-bond acceptors (Lipinski definition) is 3. The highest BCUT2D eigenvalue weighted by molar-refractivity contribution is 6.05. The maximum absolute atomic E-state index is 12.3. The molecule has 110 valence electrons. The van der Waals surface area contributed by atoms with Gasteiger partial charge in [-0.25, -0.2) is 0 Å². The highest BCUT2D eigenvalue weighted by atomic mass is 16.5. The number of nitrogens with zero attached hydrogens (tertiary/aromatic N) is 1. The largest absolute Gasteiger partial charge is 0.497 e. The van der Waals surface area contributed by atoms with E-state index in [-0.39, 0.29) is 11.1 Å². The number of rotatable bonds is 3. The zero-order valence-electron chi connectivity index (χ0n) is 12.6. The van der Waals surface area contributed by atoms with E-state index in [1.54, 1.807) is 45.3 Å². The summed E-state index contributed by atoms with van der Waals surface area (Å²) < 4.78 is 6.53. The molecule has 1 aromatic heterocycles. The van der Waals surface area contributed by atoms with Crippen molar-refractivity contribution in [3.63, 3.8) is 0 Å². The van der Waals surface area contributed by atoms with Crippen LogP contribution in [0.3, 0.4) is 0 Å². The van der Waals surface area contributed by atoms with Crippen LogP contribution in [0, 0.1) is 13.8 Å². The van der Waals surface area contributed by atoms with Gasteiger partial charge in [0.2, 0.25) is 0 Å². The molecule has 1 aromatic carbocycles. The Morgan fingerprint density at radius 2 is 1.81 bits per heavy atom. The first-order valence-electron chi connectivity index (χ1n) is 6.56. The maximum atomic E-state index is 12.3. The molecule has 0 unspecified atom stereocenters. The van der Waals surface area contributed by atoms with Crippen molar-refractivity contribution >= 4 is 11.6 Å². The van der Waals surface area contributed by atoms with E-state index in [0.29, 0.717) is 17.0 Å². The molecular formula is C16H18N2O3. The topological polar surface area (TPSA) is 60.3 Å². The lowest BCUT2D eigenvalue weighted by Gasteiger charge is -2.11. The second-order valence-electron chi connectivity index (χ2n) is 4.89. The third-order valence-electron chi connectivity index (χ3n) is 3.44. The number of pyridine rings is 1. The van der Waals surface area contributed by atoms with Crippen LogP contribution in [0.4, 0.5) is 5.69 Å². The molecule has 0 atom stereocenters. The van der Waals surface area contributed by atoms with E-state index in [9.17, 15) is 9.59 Å². The molecule has 0 radical (unpaired) electrons. The van der Waals surface area contributed by atoms with E-state index < -0.39 is 5.91 Å². The summed E-state index contributed by atoms with van der Waals surface area (Å²) in [5.41, 5.74) is 1.97. The molecule has 0 saturated carbocycles. The van der Waals surface area contributed by atoms with Crippen LogP contribution in [-0.2, 0) is 7.05 Å². The fourth-order valence-electron chi connectivity index (χ4n) is 2.12. The third-order valence-corrected chi connectivity index (χ3v) is 3.44. The number of ether oxygens (including phenoxy) is 1. The summed E-state index contributed by atoms with van der Waals surface area (Å²) >= 11 is 0. The Morgan fingerprint density at radius 1 is 1.19 bits per heavy atom. The first kappa shape index (κ1) is 14.8. The van der Waals surface area contributed by atoms with E-state index in [0.717, 1.165) is 5.69 Å². The smallest absolute Gasteiger partial charge is 0.263 e. The average Bonchev–Trinajstić information content (AvgIpc) is 2.45. The quantitative estimate of drug-likeness (QED) is 0.941. The molecule has 0 bridgehead atoms. The highest BCUT2D eigenvalue weighted by Gasteiger charge is 2.16. The molecule has 5 nitrogen and oxygen atoms in total. The number of amides is 1. The van der Waals surface area contributed by atoms with Crippen molar-refractivity contribution < 1.29 is 9.53 Å². The summed E-state index contributed by atoms with van der Waals surface area (Å²) in [5, 5.41) is 2.73. The zero-order valence-corrected chi connectivity index (χ0v) is 12.6. The average molecular weight is 286 g/mol. The van der Waals surface area contributed by atoms with Gasteiger partial charge in [-0.15, -0.1) is 0 Å². The van der Waals surface area contributed by atoms with E-state index in [4.69, 9.17) is 4.74 Å². The van der Waals surface area contributed by atoms with Crippen LogP contribution >= 0.6 is 0 Å². The lowest BCUT2D eigenvalue weighted by Crippen LogP contribution is -2.30. The fraction of sp³-hybridized carbons (Fsp3) is 0.250. The zero-order chi connectivity index (χ0) is 15.6. The summed E-state index contributed by atoms with van der Waals surface area (Å²) in [6.45, 7) is 3.59. The fourth-order valence-corrected chi connectivity index (χ4v) is 2.12. The predicted octanol–water partition coefficient (Wildman–Crippen LogP) is 2.26. The minimum absolute atomic E-state index is 0.166. The van der Waals surface area contributed by atoms with Gasteiger partial charge in [0.1, 0.15) is 11.3 Å².